The van der Waals surface area contributed by atoms with Gasteiger partial charge in [-0.2, -0.15) is 0 Å². The number of amides is 1. The van der Waals surface area contributed by atoms with Gasteiger partial charge < -0.3 is 5.32 Å². The number of hydrogen-bond donors (Lipinski definition) is 2. The van der Waals surface area contributed by atoms with Gasteiger partial charge in [0, 0.05) is 15.7 Å². The standard InChI is InChI=1S/C19H20BrN3O3S/c1-11(2)17(19(24)21-13-8-9-15(20)12(3)10-13)22-18-14-6-4-5-7-16(14)27(25,26)23-18/h4-11,17H,1-3H3,(H,21,24)(H,22,23)/t17-/m0/s1. The van der Waals surface area contributed by atoms with Gasteiger partial charge in [0.25, 0.3) is 10.0 Å². The zero-order chi connectivity index (χ0) is 19.8. The lowest BCUT2D eigenvalue weighted by Crippen LogP contribution is -2.34. The summed E-state index contributed by atoms with van der Waals surface area (Å²) in [5.41, 5.74) is 2.15. The molecule has 1 heterocycles. The molecule has 6 nitrogen and oxygen atoms in total. The average Bonchev–Trinajstić information content (AvgIpc) is 2.86. The molecule has 1 amide bonds. The number of carbonyl (C=O) groups is 1. The number of rotatable bonds is 4. The minimum Gasteiger partial charge on any atom is -0.324 e. The summed E-state index contributed by atoms with van der Waals surface area (Å²) in [6, 6.07) is 11.4. The van der Waals surface area contributed by atoms with Gasteiger partial charge in [-0.25, -0.2) is 8.42 Å². The lowest BCUT2D eigenvalue weighted by atomic mass is 10.0. The molecule has 1 aliphatic heterocycles. The fourth-order valence-electron chi connectivity index (χ4n) is 2.82. The largest absolute Gasteiger partial charge is 0.324 e. The van der Waals surface area contributed by atoms with Crippen LogP contribution in [0.1, 0.15) is 25.0 Å². The molecular weight excluding hydrogens is 430 g/mol. The van der Waals surface area contributed by atoms with Crippen molar-refractivity contribution in [3.8, 4) is 0 Å². The second-order valence-corrected chi connectivity index (χ2v) is 9.23. The van der Waals surface area contributed by atoms with Crippen molar-refractivity contribution in [1.29, 1.82) is 0 Å². The van der Waals surface area contributed by atoms with E-state index in [1.54, 1.807) is 24.3 Å². The Morgan fingerprint density at radius 2 is 1.89 bits per heavy atom. The predicted molar refractivity (Wildman–Crippen MR) is 109 cm³/mol. The number of anilines is 1. The number of amidine groups is 1. The minimum absolute atomic E-state index is 0.119. The predicted octanol–water partition coefficient (Wildman–Crippen LogP) is 3.46. The Bertz CT molecular complexity index is 1030. The number of benzene rings is 2. The van der Waals surface area contributed by atoms with E-state index in [-0.39, 0.29) is 22.6 Å². The zero-order valence-electron chi connectivity index (χ0n) is 15.2. The molecule has 0 fully saturated rings. The molecular formula is C19H20BrN3O3S. The molecule has 1 aliphatic rings. The summed E-state index contributed by atoms with van der Waals surface area (Å²) < 4.78 is 27.9. The summed E-state index contributed by atoms with van der Waals surface area (Å²) >= 11 is 3.43. The van der Waals surface area contributed by atoms with Crippen LogP contribution in [0.3, 0.4) is 0 Å². The Morgan fingerprint density at radius 1 is 1.19 bits per heavy atom. The Morgan fingerprint density at radius 3 is 2.56 bits per heavy atom. The third kappa shape index (κ3) is 4.06. The number of fused-ring (bicyclic) bond motifs is 1. The van der Waals surface area contributed by atoms with E-state index in [0.717, 1.165) is 10.0 Å². The SMILES string of the molecule is Cc1cc(NC(=O)[C@@H](N=C2NS(=O)(=O)c3ccccc32)C(C)C)ccc1Br. The van der Waals surface area contributed by atoms with Gasteiger partial charge in [-0.1, -0.05) is 41.9 Å². The molecule has 2 N–H and O–H groups in total. The first kappa shape index (κ1) is 19.6. The summed E-state index contributed by atoms with van der Waals surface area (Å²) in [5.74, 6) is -0.208. The highest BCUT2D eigenvalue weighted by atomic mass is 79.9. The molecule has 0 aliphatic carbocycles. The molecule has 3 rings (SSSR count). The topological polar surface area (TPSA) is 87.6 Å². The number of carbonyl (C=O) groups excluding carboxylic acids is 1. The maximum absolute atomic E-state index is 12.8. The summed E-state index contributed by atoms with van der Waals surface area (Å²) in [6.07, 6.45) is 0. The van der Waals surface area contributed by atoms with Crippen LogP contribution in [0.4, 0.5) is 5.69 Å². The van der Waals surface area contributed by atoms with Crippen molar-refractivity contribution >= 4 is 43.4 Å². The van der Waals surface area contributed by atoms with Gasteiger partial charge in [-0.3, -0.25) is 14.5 Å². The molecule has 0 radical (unpaired) electrons. The van der Waals surface area contributed by atoms with Crippen LogP contribution in [-0.4, -0.2) is 26.2 Å². The van der Waals surface area contributed by atoms with Crippen molar-refractivity contribution < 1.29 is 13.2 Å². The van der Waals surface area contributed by atoms with Crippen LogP contribution in [-0.2, 0) is 14.8 Å². The smallest absolute Gasteiger partial charge is 0.263 e. The van der Waals surface area contributed by atoms with Crippen LogP contribution in [0, 0.1) is 12.8 Å². The number of hydrogen-bond acceptors (Lipinski definition) is 4. The molecule has 2 aromatic rings. The highest BCUT2D eigenvalue weighted by Gasteiger charge is 2.32. The summed E-state index contributed by atoms with van der Waals surface area (Å²) in [6.45, 7) is 5.68. The summed E-state index contributed by atoms with van der Waals surface area (Å²) in [5, 5.41) is 2.87. The van der Waals surface area contributed by atoms with Crippen LogP contribution in [0.15, 0.2) is 56.8 Å². The molecule has 0 spiro atoms. The highest BCUT2D eigenvalue weighted by Crippen LogP contribution is 2.24. The van der Waals surface area contributed by atoms with Gasteiger partial charge in [0.2, 0.25) is 5.91 Å². The summed E-state index contributed by atoms with van der Waals surface area (Å²) in [4.78, 5) is 17.4. The number of nitrogens with zero attached hydrogens (tertiary/aromatic N) is 1. The third-order valence-corrected chi connectivity index (χ3v) is 6.54. The van der Waals surface area contributed by atoms with Crippen molar-refractivity contribution in [3.05, 3.63) is 58.1 Å². The number of sulfonamides is 1. The van der Waals surface area contributed by atoms with E-state index in [9.17, 15) is 13.2 Å². The van der Waals surface area contributed by atoms with Crippen LogP contribution in [0.5, 0.6) is 0 Å². The van der Waals surface area contributed by atoms with E-state index in [2.05, 4.69) is 31.0 Å². The Labute approximate surface area is 167 Å². The van der Waals surface area contributed by atoms with Crippen molar-refractivity contribution in [1.82, 2.24) is 4.72 Å². The van der Waals surface area contributed by atoms with Crippen molar-refractivity contribution in [3.63, 3.8) is 0 Å². The van der Waals surface area contributed by atoms with Gasteiger partial charge >= 0.3 is 0 Å². The zero-order valence-corrected chi connectivity index (χ0v) is 17.6. The van der Waals surface area contributed by atoms with E-state index in [0.29, 0.717) is 11.3 Å². The number of aliphatic imine (C=N–C) groups is 1. The van der Waals surface area contributed by atoms with Gasteiger partial charge in [0.1, 0.15) is 11.9 Å². The third-order valence-electron chi connectivity index (χ3n) is 4.26. The highest BCUT2D eigenvalue weighted by molar-refractivity contribution is 9.10. The monoisotopic (exact) mass is 449 g/mol. The van der Waals surface area contributed by atoms with Crippen molar-refractivity contribution in [2.75, 3.05) is 5.32 Å². The van der Waals surface area contributed by atoms with E-state index < -0.39 is 16.1 Å². The molecule has 0 saturated heterocycles. The van der Waals surface area contributed by atoms with Crippen LogP contribution < -0.4 is 10.0 Å². The molecule has 8 heteroatoms. The van der Waals surface area contributed by atoms with Crippen molar-refractivity contribution in [2.45, 2.75) is 31.7 Å². The first-order valence-electron chi connectivity index (χ1n) is 8.46. The molecule has 0 bridgehead atoms. The van der Waals surface area contributed by atoms with Gasteiger partial charge in [0.15, 0.2) is 0 Å². The molecule has 27 heavy (non-hydrogen) atoms. The van der Waals surface area contributed by atoms with Gasteiger partial charge in [-0.05, 0) is 48.7 Å². The number of halogens is 1. The first-order chi connectivity index (χ1) is 12.7. The minimum atomic E-state index is -3.64. The van der Waals surface area contributed by atoms with E-state index >= 15 is 0 Å². The van der Waals surface area contributed by atoms with Crippen LogP contribution >= 0.6 is 15.9 Å². The Balaban J connectivity index is 1.91. The fraction of sp³-hybridized carbons (Fsp3) is 0.263. The fourth-order valence-corrected chi connectivity index (χ4v) is 4.30. The number of nitrogens with one attached hydrogen (secondary N) is 2. The maximum atomic E-state index is 12.8. The molecule has 0 aromatic heterocycles. The quantitative estimate of drug-likeness (QED) is 0.748. The Hall–Kier alpha value is -2.19. The molecule has 1 atom stereocenters. The van der Waals surface area contributed by atoms with Crippen LogP contribution in [0.2, 0.25) is 0 Å². The average molecular weight is 450 g/mol. The van der Waals surface area contributed by atoms with Crippen molar-refractivity contribution in [2.24, 2.45) is 10.9 Å². The Kier molecular flexibility index (Phi) is 5.39. The second kappa shape index (κ2) is 7.44. The number of aryl methyl sites for hydroxylation is 1. The van der Waals surface area contributed by atoms with E-state index in [1.807, 2.05) is 32.9 Å². The van der Waals surface area contributed by atoms with Gasteiger partial charge in [0.05, 0.1) is 4.90 Å². The first-order valence-corrected chi connectivity index (χ1v) is 10.7. The molecule has 0 unspecified atom stereocenters. The van der Waals surface area contributed by atoms with Crippen LogP contribution in [0.25, 0.3) is 0 Å². The second-order valence-electron chi connectivity index (χ2n) is 6.72. The van der Waals surface area contributed by atoms with Gasteiger partial charge in [-0.15, -0.1) is 0 Å². The van der Waals surface area contributed by atoms with E-state index in [1.165, 1.54) is 6.07 Å². The molecule has 142 valence electrons. The van der Waals surface area contributed by atoms with E-state index in [4.69, 9.17) is 0 Å². The normalized spacial score (nSPS) is 17.4. The molecule has 0 saturated carbocycles. The molecule has 2 aromatic carbocycles. The lowest BCUT2D eigenvalue weighted by Gasteiger charge is -2.17. The maximum Gasteiger partial charge on any atom is 0.263 e. The summed E-state index contributed by atoms with van der Waals surface area (Å²) in [7, 11) is -3.64. The lowest BCUT2D eigenvalue weighted by molar-refractivity contribution is -0.118.